The lowest BCUT2D eigenvalue weighted by Gasteiger charge is -2.17. The number of nitrogens with zero attached hydrogens (tertiary/aromatic N) is 2. The fraction of sp³-hybridized carbons (Fsp3) is 0.375. The van der Waals surface area contributed by atoms with Gasteiger partial charge in [0.15, 0.2) is 5.69 Å². The highest BCUT2D eigenvalue weighted by molar-refractivity contribution is 5.97. The molecule has 0 radical (unpaired) electrons. The van der Waals surface area contributed by atoms with Crippen LogP contribution in [0.15, 0.2) is 24.3 Å². The quantitative estimate of drug-likeness (QED) is 0.907. The zero-order chi connectivity index (χ0) is 15.6. The molecule has 1 aromatic carbocycles. The summed E-state index contributed by atoms with van der Waals surface area (Å²) in [4.78, 5) is 14.1. The van der Waals surface area contributed by atoms with Crippen LogP contribution in [0, 0.1) is 6.92 Å². The van der Waals surface area contributed by atoms with Crippen LogP contribution in [-0.2, 0) is 6.54 Å². The van der Waals surface area contributed by atoms with E-state index in [9.17, 15) is 4.79 Å². The van der Waals surface area contributed by atoms with Crippen molar-refractivity contribution in [2.24, 2.45) is 0 Å². The predicted molar refractivity (Wildman–Crippen MR) is 84.1 cm³/mol. The van der Waals surface area contributed by atoms with Gasteiger partial charge in [-0.2, -0.15) is 5.10 Å². The van der Waals surface area contributed by atoms with Crippen molar-refractivity contribution in [3.63, 3.8) is 0 Å². The minimum absolute atomic E-state index is 0.168. The summed E-state index contributed by atoms with van der Waals surface area (Å²) in [6, 6.07) is 8.02. The predicted octanol–water partition coefficient (Wildman–Crippen LogP) is 2.70. The van der Waals surface area contributed by atoms with Crippen LogP contribution in [0.1, 0.15) is 47.1 Å². The molecule has 0 aliphatic carbocycles. The zero-order valence-corrected chi connectivity index (χ0v) is 13.0. The van der Waals surface area contributed by atoms with Crippen molar-refractivity contribution >= 4 is 11.6 Å². The zero-order valence-electron chi connectivity index (χ0n) is 13.0. The van der Waals surface area contributed by atoms with Crippen molar-refractivity contribution in [2.45, 2.75) is 33.2 Å². The molecule has 1 heterocycles. The summed E-state index contributed by atoms with van der Waals surface area (Å²) in [5.74, 6) is 0.0413. The van der Waals surface area contributed by atoms with Crippen molar-refractivity contribution < 1.29 is 4.79 Å². The van der Waals surface area contributed by atoms with E-state index >= 15 is 0 Å². The largest absolute Gasteiger partial charge is 0.395 e. The van der Waals surface area contributed by atoms with E-state index < -0.39 is 0 Å². The summed E-state index contributed by atoms with van der Waals surface area (Å²) in [7, 11) is 1.76. The number of aromatic amines is 1. The van der Waals surface area contributed by atoms with E-state index in [1.807, 2.05) is 45.0 Å². The Bertz CT molecular complexity index is 645. The highest BCUT2D eigenvalue weighted by Crippen LogP contribution is 2.23. The summed E-state index contributed by atoms with van der Waals surface area (Å²) in [5, 5.41) is 6.94. The summed E-state index contributed by atoms with van der Waals surface area (Å²) >= 11 is 0. The minimum atomic E-state index is -0.168. The molecule has 0 spiro atoms. The van der Waals surface area contributed by atoms with Gasteiger partial charge in [0.1, 0.15) is 0 Å². The molecular formula is C16H22N4O. The maximum atomic E-state index is 12.5. The van der Waals surface area contributed by atoms with Gasteiger partial charge >= 0.3 is 0 Å². The van der Waals surface area contributed by atoms with Crippen LogP contribution in [0.25, 0.3) is 0 Å². The second-order valence-electron chi connectivity index (χ2n) is 5.64. The second kappa shape index (κ2) is 5.99. The average Bonchev–Trinajstić information content (AvgIpc) is 2.82. The fourth-order valence-corrected chi connectivity index (χ4v) is 2.26. The van der Waals surface area contributed by atoms with E-state index in [2.05, 4.69) is 10.2 Å². The minimum Gasteiger partial charge on any atom is -0.395 e. The molecule has 0 fully saturated rings. The van der Waals surface area contributed by atoms with Crippen LogP contribution in [0.4, 0.5) is 5.69 Å². The van der Waals surface area contributed by atoms with Gasteiger partial charge in [-0.05, 0) is 24.0 Å². The number of hydrogen-bond acceptors (Lipinski definition) is 3. The van der Waals surface area contributed by atoms with Crippen LogP contribution >= 0.6 is 0 Å². The summed E-state index contributed by atoms with van der Waals surface area (Å²) in [6.07, 6.45) is 0. The van der Waals surface area contributed by atoms with Crippen LogP contribution in [-0.4, -0.2) is 28.1 Å². The lowest BCUT2D eigenvalue weighted by Crippen LogP contribution is -2.27. The number of anilines is 1. The first-order chi connectivity index (χ1) is 9.91. The standard InChI is InChI=1S/C16H22N4O/c1-10(2)14-13(17)15(19-18-14)16(21)20(4)9-12-8-6-5-7-11(12)3/h5-8,10H,9,17H2,1-4H3,(H,18,19). The number of aryl methyl sites for hydroxylation is 1. The van der Waals surface area contributed by atoms with E-state index in [1.165, 1.54) is 0 Å². The van der Waals surface area contributed by atoms with Crippen LogP contribution < -0.4 is 5.73 Å². The third-order valence-electron chi connectivity index (χ3n) is 3.63. The van der Waals surface area contributed by atoms with Gasteiger partial charge in [0.05, 0.1) is 11.4 Å². The maximum absolute atomic E-state index is 12.5. The number of H-pyrrole nitrogens is 1. The summed E-state index contributed by atoms with van der Waals surface area (Å²) < 4.78 is 0. The van der Waals surface area contributed by atoms with E-state index in [0.29, 0.717) is 17.9 Å². The van der Waals surface area contributed by atoms with Gasteiger partial charge in [-0.3, -0.25) is 9.89 Å². The molecule has 0 aliphatic rings. The van der Waals surface area contributed by atoms with Gasteiger partial charge in [-0.15, -0.1) is 0 Å². The van der Waals surface area contributed by atoms with Gasteiger partial charge in [0.2, 0.25) is 0 Å². The monoisotopic (exact) mass is 286 g/mol. The Kier molecular flexibility index (Phi) is 4.31. The molecule has 0 aliphatic heterocycles. The molecule has 1 aromatic heterocycles. The van der Waals surface area contributed by atoms with Crippen molar-refractivity contribution in [1.82, 2.24) is 15.1 Å². The van der Waals surface area contributed by atoms with E-state index in [0.717, 1.165) is 16.8 Å². The highest BCUT2D eigenvalue weighted by Gasteiger charge is 2.22. The molecule has 0 saturated heterocycles. The Balaban J connectivity index is 2.18. The normalized spacial score (nSPS) is 10.9. The molecule has 2 aromatic rings. The first kappa shape index (κ1) is 15.1. The van der Waals surface area contributed by atoms with E-state index in [-0.39, 0.29) is 11.8 Å². The highest BCUT2D eigenvalue weighted by atomic mass is 16.2. The molecule has 2 rings (SSSR count). The number of nitrogens with one attached hydrogen (secondary N) is 1. The summed E-state index contributed by atoms with van der Waals surface area (Å²) in [6.45, 7) is 6.59. The van der Waals surface area contributed by atoms with Crippen molar-refractivity contribution in [3.8, 4) is 0 Å². The third-order valence-corrected chi connectivity index (χ3v) is 3.63. The van der Waals surface area contributed by atoms with Gasteiger partial charge in [0, 0.05) is 13.6 Å². The van der Waals surface area contributed by atoms with Gasteiger partial charge in [-0.25, -0.2) is 0 Å². The van der Waals surface area contributed by atoms with Crippen molar-refractivity contribution in [3.05, 3.63) is 46.8 Å². The average molecular weight is 286 g/mol. The first-order valence-electron chi connectivity index (χ1n) is 7.05. The molecule has 1 amide bonds. The maximum Gasteiger partial charge on any atom is 0.276 e. The number of carbonyl (C=O) groups is 1. The third kappa shape index (κ3) is 3.07. The van der Waals surface area contributed by atoms with Crippen LogP contribution in [0.5, 0.6) is 0 Å². The molecule has 0 unspecified atom stereocenters. The number of nitrogens with two attached hydrogens (primary N) is 1. The van der Waals surface area contributed by atoms with Gasteiger partial charge in [0.25, 0.3) is 5.91 Å². The molecular weight excluding hydrogens is 264 g/mol. The Morgan fingerprint density at radius 2 is 2.05 bits per heavy atom. The lowest BCUT2D eigenvalue weighted by molar-refractivity contribution is 0.0780. The number of hydrogen-bond donors (Lipinski definition) is 2. The number of benzene rings is 1. The molecule has 21 heavy (non-hydrogen) atoms. The molecule has 112 valence electrons. The van der Waals surface area contributed by atoms with Crippen molar-refractivity contribution in [2.75, 3.05) is 12.8 Å². The van der Waals surface area contributed by atoms with Crippen LogP contribution in [0.2, 0.25) is 0 Å². The Hall–Kier alpha value is -2.30. The first-order valence-corrected chi connectivity index (χ1v) is 7.05. The molecule has 0 saturated carbocycles. The van der Waals surface area contributed by atoms with Crippen molar-refractivity contribution in [1.29, 1.82) is 0 Å². The number of amides is 1. The SMILES string of the molecule is Cc1ccccc1CN(C)C(=O)c1n[nH]c(C(C)C)c1N. The number of carbonyl (C=O) groups excluding carboxylic acids is 1. The Morgan fingerprint density at radius 1 is 1.38 bits per heavy atom. The number of rotatable bonds is 4. The number of aromatic nitrogens is 2. The molecule has 3 N–H and O–H groups in total. The van der Waals surface area contributed by atoms with Gasteiger partial charge < -0.3 is 10.6 Å². The molecule has 0 atom stereocenters. The van der Waals surface area contributed by atoms with E-state index in [1.54, 1.807) is 11.9 Å². The fourth-order valence-electron chi connectivity index (χ4n) is 2.26. The van der Waals surface area contributed by atoms with Gasteiger partial charge in [-0.1, -0.05) is 38.1 Å². The Labute approximate surface area is 125 Å². The topological polar surface area (TPSA) is 75.0 Å². The molecule has 0 bridgehead atoms. The lowest BCUT2D eigenvalue weighted by atomic mass is 10.1. The smallest absolute Gasteiger partial charge is 0.276 e. The summed E-state index contributed by atoms with van der Waals surface area (Å²) in [5.41, 5.74) is 9.86. The Morgan fingerprint density at radius 3 is 2.62 bits per heavy atom. The second-order valence-corrected chi connectivity index (χ2v) is 5.64. The molecule has 5 heteroatoms. The number of nitrogen functional groups attached to an aromatic ring is 1. The van der Waals surface area contributed by atoms with E-state index in [4.69, 9.17) is 5.73 Å². The molecule has 5 nitrogen and oxygen atoms in total. The van der Waals surface area contributed by atoms with Crippen LogP contribution in [0.3, 0.4) is 0 Å².